The van der Waals surface area contributed by atoms with Gasteiger partial charge in [0.15, 0.2) is 15.4 Å². The van der Waals surface area contributed by atoms with Gasteiger partial charge in [0.1, 0.15) is 0 Å². The van der Waals surface area contributed by atoms with Crippen molar-refractivity contribution in [3.63, 3.8) is 0 Å². The Hall–Kier alpha value is -2.50. The van der Waals surface area contributed by atoms with Gasteiger partial charge in [-0.3, -0.25) is 14.7 Å². The molecule has 1 aliphatic heterocycles. The number of halogens is 3. The van der Waals surface area contributed by atoms with E-state index in [1.54, 1.807) is 19.1 Å². The van der Waals surface area contributed by atoms with Crippen LogP contribution in [0.5, 0.6) is 0 Å². The summed E-state index contributed by atoms with van der Waals surface area (Å²) in [6.45, 7) is 7.18. The maximum atomic E-state index is 13.2. The largest absolute Gasteiger partial charge is 0.417 e. The van der Waals surface area contributed by atoms with E-state index in [4.69, 9.17) is 0 Å². The lowest BCUT2D eigenvalue weighted by Gasteiger charge is -2.39. The van der Waals surface area contributed by atoms with Crippen molar-refractivity contribution in [1.29, 1.82) is 0 Å². The molecule has 214 valence electrons. The second kappa shape index (κ2) is 11.2. The number of nitrogens with zero attached hydrogens (tertiary/aromatic N) is 2. The van der Waals surface area contributed by atoms with Crippen LogP contribution in [0.3, 0.4) is 0 Å². The SMILES string of the molecule is CCS(=O)(=O)c1ccc(CNC(=O)c2ccc3c(c2)CN(CC2CCC(O)(C(F)(F)F)CC2)C3C(C)C)nc1. The first-order chi connectivity index (χ1) is 18.2. The van der Waals surface area contributed by atoms with Crippen molar-refractivity contribution in [3.8, 4) is 0 Å². The molecule has 7 nitrogen and oxygen atoms in total. The Morgan fingerprint density at radius 2 is 1.90 bits per heavy atom. The first-order valence-electron chi connectivity index (χ1n) is 13.4. The first-order valence-corrected chi connectivity index (χ1v) is 15.0. The van der Waals surface area contributed by atoms with Crippen LogP contribution in [0.2, 0.25) is 0 Å². The third-order valence-electron chi connectivity index (χ3n) is 8.04. The number of carbonyl (C=O) groups is 1. The van der Waals surface area contributed by atoms with E-state index in [-0.39, 0.29) is 53.8 Å². The number of rotatable bonds is 8. The standard InChI is InChI=1S/C28H36F3N3O4S/c1-4-39(37,38)23-7-6-22(32-15-23)14-33-26(35)20-5-8-24-21(13-20)17-34(25(24)18(2)3)16-19-9-11-27(36,12-10-19)28(29,30)31/h5-8,13,15,18-19,25,36H,4,9-12,14,16-17H2,1-3H3,(H,33,35). The van der Waals surface area contributed by atoms with Crippen LogP contribution in [-0.2, 0) is 22.9 Å². The maximum absolute atomic E-state index is 13.2. The van der Waals surface area contributed by atoms with Gasteiger partial charge < -0.3 is 10.4 Å². The van der Waals surface area contributed by atoms with E-state index >= 15 is 0 Å². The number of amides is 1. The van der Waals surface area contributed by atoms with Gasteiger partial charge in [0.05, 0.1) is 22.9 Å². The van der Waals surface area contributed by atoms with Gasteiger partial charge in [-0.15, -0.1) is 0 Å². The zero-order valence-electron chi connectivity index (χ0n) is 22.5. The quantitative estimate of drug-likeness (QED) is 0.476. The molecule has 2 N–H and O–H groups in total. The number of sulfone groups is 1. The summed E-state index contributed by atoms with van der Waals surface area (Å²) in [5.74, 6) is 0.0488. The second-order valence-corrected chi connectivity index (χ2v) is 13.4. The predicted molar refractivity (Wildman–Crippen MR) is 141 cm³/mol. The molecule has 1 aromatic heterocycles. The Labute approximate surface area is 227 Å². The van der Waals surface area contributed by atoms with Gasteiger partial charge in [0, 0.05) is 30.9 Å². The van der Waals surface area contributed by atoms with Crippen LogP contribution in [0.15, 0.2) is 41.4 Å². The number of alkyl halides is 3. The number of carbonyl (C=O) groups excluding carboxylic acids is 1. The highest BCUT2D eigenvalue weighted by atomic mass is 32.2. The fraction of sp³-hybridized carbons (Fsp3) is 0.571. The summed E-state index contributed by atoms with van der Waals surface area (Å²) >= 11 is 0. The fourth-order valence-corrected chi connectivity index (χ4v) is 6.56. The number of hydrogen-bond acceptors (Lipinski definition) is 6. The summed E-state index contributed by atoms with van der Waals surface area (Å²) in [6, 6.07) is 8.77. The second-order valence-electron chi connectivity index (χ2n) is 11.1. The molecule has 11 heteroatoms. The minimum absolute atomic E-state index is 0.0136. The fourth-order valence-electron chi connectivity index (χ4n) is 5.74. The van der Waals surface area contributed by atoms with Crippen molar-refractivity contribution < 1.29 is 31.5 Å². The Morgan fingerprint density at radius 1 is 1.21 bits per heavy atom. The Kier molecular flexibility index (Phi) is 8.45. The number of hydrogen-bond donors (Lipinski definition) is 2. The molecule has 0 radical (unpaired) electrons. The average Bonchev–Trinajstić information content (AvgIpc) is 3.25. The number of aromatic nitrogens is 1. The topological polar surface area (TPSA) is 99.6 Å². The van der Waals surface area contributed by atoms with Crippen molar-refractivity contribution in [3.05, 3.63) is 58.9 Å². The van der Waals surface area contributed by atoms with Gasteiger partial charge in [0.2, 0.25) is 0 Å². The third kappa shape index (κ3) is 6.30. The smallest absolute Gasteiger partial charge is 0.380 e. The maximum Gasteiger partial charge on any atom is 0.417 e. The van der Waals surface area contributed by atoms with E-state index in [0.29, 0.717) is 37.2 Å². The van der Waals surface area contributed by atoms with Crippen LogP contribution in [0.4, 0.5) is 13.2 Å². The number of nitrogens with one attached hydrogen (secondary N) is 1. The zero-order chi connectivity index (χ0) is 28.6. The van der Waals surface area contributed by atoms with Crippen molar-refractivity contribution in [1.82, 2.24) is 15.2 Å². The third-order valence-corrected chi connectivity index (χ3v) is 9.76. The van der Waals surface area contributed by atoms with E-state index in [0.717, 1.165) is 11.1 Å². The molecule has 2 aliphatic rings. The molecule has 1 aromatic carbocycles. The molecular formula is C28H36F3N3O4S. The average molecular weight is 568 g/mol. The number of fused-ring (bicyclic) bond motifs is 1. The monoisotopic (exact) mass is 567 g/mol. The van der Waals surface area contributed by atoms with E-state index in [2.05, 4.69) is 29.0 Å². The van der Waals surface area contributed by atoms with Crippen LogP contribution in [0, 0.1) is 11.8 Å². The molecule has 2 aromatic rings. The molecule has 4 rings (SSSR count). The molecule has 1 unspecified atom stereocenters. The van der Waals surface area contributed by atoms with E-state index < -0.39 is 21.6 Å². The van der Waals surface area contributed by atoms with E-state index in [1.165, 1.54) is 12.3 Å². The van der Waals surface area contributed by atoms with Crippen molar-refractivity contribution in [2.45, 2.75) is 82.3 Å². The van der Waals surface area contributed by atoms with Crippen LogP contribution < -0.4 is 5.32 Å². The number of pyridine rings is 1. The lowest BCUT2D eigenvalue weighted by atomic mass is 9.78. The Bertz CT molecular complexity index is 1290. The van der Waals surface area contributed by atoms with Crippen LogP contribution in [-0.4, -0.2) is 53.4 Å². The normalized spacial score (nSPS) is 24.1. The molecular weight excluding hydrogens is 531 g/mol. The first kappa shape index (κ1) is 29.5. The highest BCUT2D eigenvalue weighted by molar-refractivity contribution is 7.91. The van der Waals surface area contributed by atoms with Gasteiger partial charge in [-0.05, 0) is 72.9 Å². The van der Waals surface area contributed by atoms with Gasteiger partial charge in [0.25, 0.3) is 5.91 Å². The molecule has 1 atom stereocenters. The number of aliphatic hydroxyl groups is 1. The van der Waals surface area contributed by atoms with Crippen LogP contribution >= 0.6 is 0 Å². The van der Waals surface area contributed by atoms with E-state index in [9.17, 15) is 31.5 Å². The summed E-state index contributed by atoms with van der Waals surface area (Å²) in [5.41, 5.74) is 0.601. The lowest BCUT2D eigenvalue weighted by Crippen LogP contribution is -2.48. The molecule has 2 heterocycles. The number of benzene rings is 1. The van der Waals surface area contributed by atoms with Crippen LogP contribution in [0.1, 0.15) is 79.7 Å². The van der Waals surface area contributed by atoms with Gasteiger partial charge in [-0.1, -0.05) is 26.8 Å². The predicted octanol–water partition coefficient (Wildman–Crippen LogP) is 4.80. The molecule has 0 bridgehead atoms. The Balaban J connectivity index is 1.39. The summed E-state index contributed by atoms with van der Waals surface area (Å²) < 4.78 is 63.5. The summed E-state index contributed by atoms with van der Waals surface area (Å²) in [5, 5.41) is 12.8. The summed E-state index contributed by atoms with van der Waals surface area (Å²) in [7, 11) is -3.34. The van der Waals surface area contributed by atoms with Crippen molar-refractivity contribution >= 4 is 15.7 Å². The minimum Gasteiger partial charge on any atom is -0.380 e. The minimum atomic E-state index is -4.60. The molecule has 1 amide bonds. The molecule has 1 fully saturated rings. The van der Waals surface area contributed by atoms with Gasteiger partial charge in [-0.2, -0.15) is 13.2 Å². The highest BCUT2D eigenvalue weighted by Crippen LogP contribution is 2.45. The van der Waals surface area contributed by atoms with Gasteiger partial charge >= 0.3 is 6.18 Å². The van der Waals surface area contributed by atoms with Crippen molar-refractivity contribution in [2.24, 2.45) is 11.8 Å². The summed E-state index contributed by atoms with van der Waals surface area (Å²) in [4.78, 5) is 19.5. The molecule has 0 spiro atoms. The van der Waals surface area contributed by atoms with E-state index in [1.807, 2.05) is 12.1 Å². The molecule has 0 saturated heterocycles. The zero-order valence-corrected chi connectivity index (χ0v) is 23.3. The highest BCUT2D eigenvalue weighted by Gasteiger charge is 2.54. The Morgan fingerprint density at radius 3 is 2.46 bits per heavy atom. The lowest BCUT2D eigenvalue weighted by molar-refractivity contribution is -0.272. The molecule has 1 saturated carbocycles. The molecule has 1 aliphatic carbocycles. The van der Waals surface area contributed by atoms with Crippen LogP contribution in [0.25, 0.3) is 0 Å². The molecule has 39 heavy (non-hydrogen) atoms. The summed E-state index contributed by atoms with van der Waals surface area (Å²) in [6.07, 6.45) is -3.21. The van der Waals surface area contributed by atoms with Crippen molar-refractivity contribution in [2.75, 3.05) is 12.3 Å². The van der Waals surface area contributed by atoms with Gasteiger partial charge in [-0.25, -0.2) is 8.42 Å².